The van der Waals surface area contributed by atoms with Crippen LogP contribution in [0, 0.1) is 6.92 Å². The smallest absolute Gasteiger partial charge is 0.272 e. The lowest BCUT2D eigenvalue weighted by atomic mass is 10.1. The third-order valence-corrected chi connectivity index (χ3v) is 3.18. The van der Waals surface area contributed by atoms with Crippen molar-refractivity contribution in [2.75, 3.05) is 0 Å². The van der Waals surface area contributed by atoms with Gasteiger partial charge < -0.3 is 5.32 Å². The lowest BCUT2D eigenvalue weighted by Gasteiger charge is -2.03. The molecule has 3 aromatic rings. The van der Waals surface area contributed by atoms with Gasteiger partial charge in [-0.05, 0) is 30.7 Å². The Labute approximate surface area is 117 Å². The summed E-state index contributed by atoms with van der Waals surface area (Å²) in [5.41, 5.74) is 3.63. The van der Waals surface area contributed by atoms with Gasteiger partial charge in [-0.2, -0.15) is 5.10 Å². The molecule has 0 saturated heterocycles. The van der Waals surface area contributed by atoms with Gasteiger partial charge >= 0.3 is 0 Å². The normalized spacial score (nSPS) is 10.7. The summed E-state index contributed by atoms with van der Waals surface area (Å²) in [6.07, 6.45) is 1.83. The Bertz CT molecular complexity index is 711. The Morgan fingerprint density at radius 3 is 2.75 bits per heavy atom. The van der Waals surface area contributed by atoms with Gasteiger partial charge in [0.05, 0.1) is 5.52 Å². The standard InChI is InChI=1S/C16H15N3O/c1-12-5-7-13(8-6-12)11-17-16(20)15-10-14-4-2-3-9-19(14)18-15/h2-10H,11H2,1H3,(H,17,20). The first-order valence-electron chi connectivity index (χ1n) is 6.50. The molecule has 1 N–H and O–H groups in total. The quantitative estimate of drug-likeness (QED) is 0.791. The molecular weight excluding hydrogens is 250 g/mol. The molecule has 0 saturated carbocycles. The molecule has 1 aromatic carbocycles. The van der Waals surface area contributed by atoms with Crippen molar-refractivity contribution in [3.8, 4) is 0 Å². The highest BCUT2D eigenvalue weighted by Gasteiger charge is 2.09. The van der Waals surface area contributed by atoms with Crippen LogP contribution >= 0.6 is 0 Å². The third-order valence-electron chi connectivity index (χ3n) is 3.18. The van der Waals surface area contributed by atoms with Gasteiger partial charge in [-0.1, -0.05) is 35.9 Å². The summed E-state index contributed by atoms with van der Waals surface area (Å²) in [4.78, 5) is 12.1. The zero-order valence-electron chi connectivity index (χ0n) is 11.2. The van der Waals surface area contributed by atoms with E-state index in [2.05, 4.69) is 10.4 Å². The molecule has 0 fully saturated rings. The van der Waals surface area contributed by atoms with Gasteiger partial charge in [-0.25, -0.2) is 4.52 Å². The Morgan fingerprint density at radius 1 is 1.20 bits per heavy atom. The van der Waals surface area contributed by atoms with Gasteiger partial charge in [0.25, 0.3) is 5.91 Å². The monoisotopic (exact) mass is 265 g/mol. The van der Waals surface area contributed by atoms with Crippen molar-refractivity contribution in [3.05, 3.63) is 71.5 Å². The highest BCUT2D eigenvalue weighted by molar-refractivity contribution is 5.93. The maximum Gasteiger partial charge on any atom is 0.272 e. The highest BCUT2D eigenvalue weighted by atomic mass is 16.1. The molecule has 2 heterocycles. The van der Waals surface area contributed by atoms with E-state index in [-0.39, 0.29) is 5.91 Å². The fraction of sp³-hybridized carbons (Fsp3) is 0.125. The van der Waals surface area contributed by atoms with Gasteiger partial charge in [0, 0.05) is 12.7 Å². The molecule has 0 spiro atoms. The lowest BCUT2D eigenvalue weighted by Crippen LogP contribution is -2.23. The summed E-state index contributed by atoms with van der Waals surface area (Å²) in [6, 6.07) is 15.6. The molecule has 0 aliphatic rings. The van der Waals surface area contributed by atoms with Crippen molar-refractivity contribution >= 4 is 11.4 Å². The summed E-state index contributed by atoms with van der Waals surface area (Å²) >= 11 is 0. The predicted molar refractivity (Wildman–Crippen MR) is 77.5 cm³/mol. The number of fused-ring (bicyclic) bond motifs is 1. The van der Waals surface area contributed by atoms with Crippen molar-refractivity contribution < 1.29 is 4.79 Å². The number of carbonyl (C=O) groups excluding carboxylic acids is 1. The summed E-state index contributed by atoms with van der Waals surface area (Å²) in [5.74, 6) is -0.158. The molecule has 0 bridgehead atoms. The summed E-state index contributed by atoms with van der Waals surface area (Å²) in [6.45, 7) is 2.55. The number of nitrogens with one attached hydrogen (secondary N) is 1. The molecule has 4 nitrogen and oxygen atoms in total. The number of amides is 1. The molecule has 3 rings (SSSR count). The average Bonchev–Trinajstić information content (AvgIpc) is 2.90. The second-order valence-corrected chi connectivity index (χ2v) is 4.77. The zero-order valence-corrected chi connectivity index (χ0v) is 11.2. The van der Waals surface area contributed by atoms with Gasteiger partial charge in [-0.3, -0.25) is 4.79 Å². The van der Waals surface area contributed by atoms with E-state index in [1.54, 1.807) is 10.6 Å². The molecule has 0 unspecified atom stereocenters. The van der Waals surface area contributed by atoms with Crippen LogP contribution in [-0.2, 0) is 6.54 Å². The van der Waals surface area contributed by atoms with Crippen molar-refractivity contribution in [2.24, 2.45) is 0 Å². The van der Waals surface area contributed by atoms with Crippen molar-refractivity contribution in [3.63, 3.8) is 0 Å². The molecule has 0 atom stereocenters. The summed E-state index contributed by atoms with van der Waals surface area (Å²) in [5, 5.41) is 7.12. The van der Waals surface area contributed by atoms with Crippen molar-refractivity contribution in [1.82, 2.24) is 14.9 Å². The topological polar surface area (TPSA) is 46.4 Å². The minimum absolute atomic E-state index is 0.158. The van der Waals surface area contributed by atoms with Crippen LogP contribution < -0.4 is 5.32 Å². The van der Waals surface area contributed by atoms with Crippen LogP contribution in [-0.4, -0.2) is 15.5 Å². The second-order valence-electron chi connectivity index (χ2n) is 4.77. The second kappa shape index (κ2) is 5.17. The largest absolute Gasteiger partial charge is 0.347 e. The fourth-order valence-electron chi connectivity index (χ4n) is 2.03. The van der Waals surface area contributed by atoms with Crippen LogP contribution in [0.2, 0.25) is 0 Å². The van der Waals surface area contributed by atoms with E-state index < -0.39 is 0 Å². The molecular formula is C16H15N3O. The minimum atomic E-state index is -0.158. The average molecular weight is 265 g/mol. The van der Waals surface area contributed by atoms with Crippen molar-refractivity contribution in [2.45, 2.75) is 13.5 Å². The molecule has 1 amide bonds. The van der Waals surface area contributed by atoms with E-state index in [1.165, 1.54) is 5.56 Å². The molecule has 100 valence electrons. The number of benzene rings is 1. The Morgan fingerprint density at radius 2 is 2.00 bits per heavy atom. The minimum Gasteiger partial charge on any atom is -0.347 e. The van der Waals surface area contributed by atoms with Crippen molar-refractivity contribution in [1.29, 1.82) is 0 Å². The van der Waals surface area contributed by atoms with E-state index in [0.29, 0.717) is 12.2 Å². The number of carbonyl (C=O) groups is 1. The van der Waals surface area contributed by atoms with E-state index in [1.807, 2.05) is 55.6 Å². The Kier molecular flexibility index (Phi) is 3.21. The highest BCUT2D eigenvalue weighted by Crippen LogP contribution is 2.07. The van der Waals surface area contributed by atoms with E-state index in [9.17, 15) is 4.79 Å². The Balaban J connectivity index is 1.71. The van der Waals surface area contributed by atoms with E-state index >= 15 is 0 Å². The van der Waals surface area contributed by atoms with Gasteiger partial charge in [0.1, 0.15) is 0 Å². The SMILES string of the molecule is Cc1ccc(CNC(=O)c2cc3ccccn3n2)cc1. The van der Waals surface area contributed by atoms with Crippen LogP contribution in [0.25, 0.3) is 5.52 Å². The first-order chi connectivity index (χ1) is 9.72. The number of pyridine rings is 1. The molecule has 20 heavy (non-hydrogen) atoms. The molecule has 0 aliphatic heterocycles. The summed E-state index contributed by atoms with van der Waals surface area (Å²) in [7, 11) is 0. The first kappa shape index (κ1) is 12.4. The van der Waals surface area contributed by atoms with E-state index in [4.69, 9.17) is 0 Å². The van der Waals surface area contributed by atoms with Crippen LogP contribution in [0.15, 0.2) is 54.7 Å². The van der Waals surface area contributed by atoms with Crippen LogP contribution in [0.3, 0.4) is 0 Å². The number of aromatic nitrogens is 2. The van der Waals surface area contributed by atoms with Crippen LogP contribution in [0.4, 0.5) is 0 Å². The Hall–Kier alpha value is -2.62. The van der Waals surface area contributed by atoms with Crippen LogP contribution in [0.1, 0.15) is 21.6 Å². The third kappa shape index (κ3) is 2.54. The summed E-state index contributed by atoms with van der Waals surface area (Å²) < 4.78 is 1.70. The zero-order chi connectivity index (χ0) is 13.9. The van der Waals surface area contributed by atoms with Gasteiger partial charge in [0.15, 0.2) is 5.69 Å². The number of hydrogen-bond acceptors (Lipinski definition) is 2. The molecule has 4 heteroatoms. The maximum absolute atomic E-state index is 12.1. The number of hydrogen-bond donors (Lipinski definition) is 1. The fourth-order valence-corrected chi connectivity index (χ4v) is 2.03. The number of aryl methyl sites for hydroxylation is 1. The van der Waals surface area contributed by atoms with Gasteiger partial charge in [-0.15, -0.1) is 0 Å². The predicted octanol–water partition coefficient (Wildman–Crippen LogP) is 2.57. The first-order valence-corrected chi connectivity index (χ1v) is 6.50. The van der Waals surface area contributed by atoms with Gasteiger partial charge in [0.2, 0.25) is 0 Å². The number of nitrogens with zero attached hydrogens (tertiary/aromatic N) is 2. The lowest BCUT2D eigenvalue weighted by molar-refractivity contribution is 0.0945. The molecule has 0 aliphatic carbocycles. The molecule has 0 radical (unpaired) electrons. The number of rotatable bonds is 3. The maximum atomic E-state index is 12.1. The molecule has 2 aromatic heterocycles. The van der Waals surface area contributed by atoms with Crippen LogP contribution in [0.5, 0.6) is 0 Å². The van der Waals surface area contributed by atoms with E-state index in [0.717, 1.165) is 11.1 Å².